The maximum absolute atomic E-state index is 5.83. The highest BCUT2D eigenvalue weighted by atomic mass is 16.3. The predicted molar refractivity (Wildman–Crippen MR) is 111 cm³/mol. The van der Waals surface area contributed by atoms with Crippen LogP contribution in [0, 0.1) is 0 Å². The zero-order valence-electron chi connectivity index (χ0n) is 15.0. The van der Waals surface area contributed by atoms with Crippen molar-refractivity contribution < 1.29 is 4.42 Å². The highest BCUT2D eigenvalue weighted by Gasteiger charge is 2.14. The number of benzene rings is 2. The van der Waals surface area contributed by atoms with Gasteiger partial charge >= 0.3 is 0 Å². The lowest BCUT2D eigenvalue weighted by molar-refractivity contribution is 0.583. The molecule has 0 bridgehead atoms. The Hall–Kier alpha value is -3.34. The fourth-order valence-electron chi connectivity index (χ4n) is 3.55. The molecular weight excluding hydrogens is 336 g/mol. The molecule has 0 amide bonds. The van der Waals surface area contributed by atoms with Gasteiger partial charge in [0.15, 0.2) is 0 Å². The Balaban J connectivity index is 1.42. The van der Waals surface area contributed by atoms with Crippen molar-refractivity contribution in [3.63, 3.8) is 0 Å². The Kier molecular flexibility index (Phi) is 3.98. The zero-order valence-corrected chi connectivity index (χ0v) is 15.0. The lowest BCUT2D eigenvalue weighted by Gasteiger charge is -2.15. The third-order valence-electron chi connectivity index (χ3n) is 5.02. The van der Waals surface area contributed by atoms with Crippen LogP contribution in [0.25, 0.3) is 22.5 Å². The van der Waals surface area contributed by atoms with Crippen molar-refractivity contribution in [3.8, 4) is 22.5 Å². The quantitative estimate of drug-likeness (QED) is 0.700. The van der Waals surface area contributed by atoms with E-state index in [1.54, 1.807) is 6.26 Å². The first kappa shape index (κ1) is 15.9. The summed E-state index contributed by atoms with van der Waals surface area (Å²) in [7, 11) is 0. The highest BCUT2D eigenvalue weighted by molar-refractivity contribution is 5.85. The van der Waals surface area contributed by atoms with Gasteiger partial charge in [-0.2, -0.15) is 0 Å². The maximum atomic E-state index is 5.83. The molecule has 0 N–H and O–H groups in total. The normalized spacial score (nSPS) is 15.9. The fourth-order valence-corrected chi connectivity index (χ4v) is 3.55. The van der Waals surface area contributed by atoms with Crippen molar-refractivity contribution in [1.82, 2.24) is 0 Å². The van der Waals surface area contributed by atoms with Crippen molar-refractivity contribution in [3.05, 3.63) is 60.9 Å². The van der Waals surface area contributed by atoms with Crippen LogP contribution in [-0.2, 0) is 0 Å². The molecule has 1 aromatic heterocycles. The molecule has 0 radical (unpaired) electrons. The molecule has 27 heavy (non-hydrogen) atoms. The Morgan fingerprint density at radius 2 is 1.22 bits per heavy atom. The smallest absolute Gasteiger partial charge is 0.141 e. The van der Waals surface area contributed by atoms with E-state index in [-0.39, 0.29) is 0 Å². The number of hydrogen-bond acceptors (Lipinski definition) is 5. The van der Waals surface area contributed by atoms with E-state index in [0.29, 0.717) is 0 Å². The minimum Gasteiger partial charge on any atom is -0.464 e. The molecule has 5 rings (SSSR count). The molecule has 3 heterocycles. The number of rotatable bonds is 4. The molecule has 134 valence electrons. The molecule has 0 saturated carbocycles. The summed E-state index contributed by atoms with van der Waals surface area (Å²) in [6.45, 7) is 3.63. The third-order valence-corrected chi connectivity index (χ3v) is 5.02. The summed E-state index contributed by atoms with van der Waals surface area (Å²) >= 11 is 0. The first-order valence-electron chi connectivity index (χ1n) is 9.20. The first-order chi connectivity index (χ1) is 13.4. The second-order valence-electron chi connectivity index (χ2n) is 6.69. The summed E-state index contributed by atoms with van der Waals surface area (Å²) in [5.41, 5.74) is 5.65. The predicted octanol–water partition coefficient (Wildman–Crippen LogP) is 4.31. The van der Waals surface area contributed by atoms with Crippen LogP contribution in [0.15, 0.2) is 75.3 Å². The van der Waals surface area contributed by atoms with Crippen molar-refractivity contribution in [1.29, 1.82) is 0 Å². The summed E-state index contributed by atoms with van der Waals surface area (Å²) < 4.78 is 5.83. The average Bonchev–Trinajstić information content (AvgIpc) is 3.51. The first-order valence-corrected chi connectivity index (χ1v) is 9.20. The summed E-state index contributed by atoms with van der Waals surface area (Å²) in [6, 6.07) is 19.1. The number of nitrogens with zero attached hydrogens (tertiary/aromatic N) is 4. The lowest BCUT2D eigenvalue weighted by Crippen LogP contribution is -2.17. The van der Waals surface area contributed by atoms with E-state index in [1.165, 1.54) is 5.69 Å². The second kappa shape index (κ2) is 6.76. The molecule has 0 unspecified atom stereocenters. The van der Waals surface area contributed by atoms with E-state index in [4.69, 9.17) is 4.42 Å². The maximum Gasteiger partial charge on any atom is 0.141 e. The van der Waals surface area contributed by atoms with Gasteiger partial charge in [0, 0.05) is 35.6 Å². The van der Waals surface area contributed by atoms with Crippen molar-refractivity contribution in [2.75, 3.05) is 36.0 Å². The molecule has 2 aliphatic heterocycles. The summed E-state index contributed by atoms with van der Waals surface area (Å²) in [5, 5.41) is 0. The lowest BCUT2D eigenvalue weighted by atomic mass is 10.0. The minimum atomic E-state index is 0.864. The molecule has 0 aliphatic carbocycles. The Morgan fingerprint density at radius 1 is 0.667 bits per heavy atom. The molecule has 0 atom stereocenters. The van der Waals surface area contributed by atoms with Gasteiger partial charge in [-0.15, -0.1) is 0 Å². The van der Waals surface area contributed by atoms with Crippen LogP contribution in [-0.4, -0.2) is 38.9 Å². The molecule has 5 heteroatoms. The minimum absolute atomic E-state index is 0.864. The molecule has 3 aromatic rings. The van der Waals surface area contributed by atoms with Gasteiger partial charge in [0.05, 0.1) is 32.0 Å². The van der Waals surface area contributed by atoms with Gasteiger partial charge in [-0.25, -0.2) is 0 Å². The monoisotopic (exact) mass is 356 g/mol. The van der Waals surface area contributed by atoms with E-state index >= 15 is 0 Å². The molecular formula is C22H20N4O. The van der Waals surface area contributed by atoms with Crippen LogP contribution >= 0.6 is 0 Å². The topological polar surface area (TPSA) is 44.3 Å². The van der Waals surface area contributed by atoms with Crippen LogP contribution < -0.4 is 9.80 Å². The molecule has 0 fully saturated rings. The molecule has 2 aliphatic rings. The average molecular weight is 356 g/mol. The van der Waals surface area contributed by atoms with Gasteiger partial charge in [-0.05, 0) is 48.0 Å². The summed E-state index contributed by atoms with van der Waals surface area (Å²) in [4.78, 5) is 12.9. The number of aliphatic imine (C=N–C) groups is 2. The van der Waals surface area contributed by atoms with Gasteiger partial charge in [0.25, 0.3) is 0 Å². The Labute approximate surface area is 158 Å². The second-order valence-corrected chi connectivity index (χ2v) is 6.69. The van der Waals surface area contributed by atoms with Gasteiger partial charge in [0.1, 0.15) is 5.76 Å². The molecule has 5 nitrogen and oxygen atoms in total. The van der Waals surface area contributed by atoms with Gasteiger partial charge in [-0.1, -0.05) is 12.1 Å². The number of anilines is 2. The van der Waals surface area contributed by atoms with Crippen molar-refractivity contribution in [2.45, 2.75) is 0 Å². The summed E-state index contributed by atoms with van der Waals surface area (Å²) in [6.07, 6.45) is 5.57. The molecule has 0 spiro atoms. The van der Waals surface area contributed by atoms with Gasteiger partial charge in [0.2, 0.25) is 0 Å². The van der Waals surface area contributed by atoms with E-state index in [2.05, 4.69) is 68.3 Å². The Bertz CT molecular complexity index is 906. The van der Waals surface area contributed by atoms with E-state index < -0.39 is 0 Å². The van der Waals surface area contributed by atoms with E-state index in [9.17, 15) is 0 Å². The van der Waals surface area contributed by atoms with Crippen LogP contribution in [0.5, 0.6) is 0 Å². The van der Waals surface area contributed by atoms with Crippen LogP contribution in [0.1, 0.15) is 0 Å². The number of hydrogen-bond donors (Lipinski definition) is 0. The number of furan rings is 1. The van der Waals surface area contributed by atoms with Gasteiger partial charge in [-0.3, -0.25) is 9.98 Å². The third kappa shape index (κ3) is 3.01. The largest absolute Gasteiger partial charge is 0.464 e. The van der Waals surface area contributed by atoms with Crippen molar-refractivity contribution in [2.24, 2.45) is 9.98 Å². The zero-order chi connectivity index (χ0) is 18.1. The van der Waals surface area contributed by atoms with Crippen LogP contribution in [0.3, 0.4) is 0 Å². The fraction of sp³-hybridized carbons (Fsp3) is 0.182. The van der Waals surface area contributed by atoms with E-state index in [0.717, 1.165) is 54.3 Å². The molecule has 0 saturated heterocycles. The summed E-state index contributed by atoms with van der Waals surface area (Å²) in [5.74, 6) is 0.895. The SMILES string of the molecule is C1=NCCN1c1ccc(-c2ccoc2-c2ccc(N3C=NCC3)cc2)cc1. The van der Waals surface area contributed by atoms with E-state index in [1.807, 2.05) is 18.7 Å². The molecule has 2 aromatic carbocycles. The van der Waals surface area contributed by atoms with Crippen LogP contribution in [0.2, 0.25) is 0 Å². The Morgan fingerprint density at radius 3 is 1.74 bits per heavy atom. The van der Waals surface area contributed by atoms with Gasteiger partial charge < -0.3 is 14.2 Å². The van der Waals surface area contributed by atoms with Crippen molar-refractivity contribution >= 4 is 24.1 Å². The highest BCUT2D eigenvalue weighted by Crippen LogP contribution is 2.35. The van der Waals surface area contributed by atoms with Crippen LogP contribution in [0.4, 0.5) is 11.4 Å². The standard InChI is InChI=1S/C22H20N4O/c1-5-19(25-12-10-23-15-25)6-2-17(1)21-9-14-27-22(21)18-3-7-20(8-4-18)26-13-11-24-16-26/h1-9,14-16H,10-13H2.